The first-order chi connectivity index (χ1) is 12.2. The molecule has 26 heavy (non-hydrogen) atoms. The van der Waals surface area contributed by atoms with Gasteiger partial charge in [0.15, 0.2) is 6.61 Å². The van der Waals surface area contributed by atoms with E-state index in [1.165, 1.54) is 12.1 Å². The number of hydrogen-bond donors (Lipinski definition) is 2. The first kappa shape index (κ1) is 21.4. The molecule has 0 aliphatic carbocycles. The van der Waals surface area contributed by atoms with Gasteiger partial charge in [-0.25, -0.2) is 0 Å². The Hall–Kier alpha value is -2.68. The summed E-state index contributed by atoms with van der Waals surface area (Å²) in [6.07, 6.45) is 1.72. The number of rotatable bonds is 9. The van der Waals surface area contributed by atoms with E-state index in [9.17, 15) is 24.5 Å². The normalized spacial score (nSPS) is 11.3. The van der Waals surface area contributed by atoms with Crippen LogP contribution in [0.15, 0.2) is 18.2 Å². The number of esters is 1. The van der Waals surface area contributed by atoms with Crippen LogP contribution in [0.1, 0.15) is 37.0 Å². The second kappa shape index (κ2) is 10.3. The minimum atomic E-state index is -0.805. The first-order valence-corrected chi connectivity index (χ1v) is 8.29. The van der Waals surface area contributed by atoms with Gasteiger partial charge in [0.25, 0.3) is 17.5 Å². The lowest BCUT2D eigenvalue weighted by molar-refractivity contribution is -0.384. The van der Waals surface area contributed by atoms with Crippen molar-refractivity contribution in [2.75, 3.05) is 13.2 Å². The number of amides is 2. The average molecular weight is 386 g/mol. The summed E-state index contributed by atoms with van der Waals surface area (Å²) in [5.41, 5.74) is -0.445. The molecule has 9 nitrogen and oxygen atoms in total. The Kier molecular flexibility index (Phi) is 8.50. The Morgan fingerprint density at radius 2 is 2.04 bits per heavy atom. The van der Waals surface area contributed by atoms with Gasteiger partial charge in [0.05, 0.1) is 4.92 Å². The molecule has 0 spiro atoms. The summed E-state index contributed by atoms with van der Waals surface area (Å²) in [7, 11) is 0. The first-order valence-electron chi connectivity index (χ1n) is 7.91. The maximum absolute atomic E-state index is 11.9. The minimum absolute atomic E-state index is 0.0217. The molecule has 1 aromatic rings. The highest BCUT2D eigenvalue weighted by Gasteiger charge is 2.17. The Balaban J connectivity index is 2.45. The average Bonchev–Trinajstić information content (AvgIpc) is 2.58. The van der Waals surface area contributed by atoms with E-state index in [0.717, 1.165) is 18.9 Å². The van der Waals surface area contributed by atoms with E-state index >= 15 is 0 Å². The molecular weight excluding hydrogens is 366 g/mol. The van der Waals surface area contributed by atoms with E-state index in [1.54, 1.807) is 0 Å². The van der Waals surface area contributed by atoms with E-state index in [0.29, 0.717) is 0 Å². The highest BCUT2D eigenvalue weighted by atomic mass is 35.5. The molecular formula is C16H20ClN3O6. The van der Waals surface area contributed by atoms with Gasteiger partial charge in [-0.15, -0.1) is 0 Å². The lowest BCUT2D eigenvalue weighted by Gasteiger charge is -2.12. The highest BCUT2D eigenvalue weighted by Crippen LogP contribution is 2.24. The molecule has 1 aromatic carbocycles. The van der Waals surface area contributed by atoms with Crippen molar-refractivity contribution in [3.05, 3.63) is 38.9 Å². The topological polar surface area (TPSA) is 128 Å². The fraction of sp³-hybridized carbons (Fsp3) is 0.438. The summed E-state index contributed by atoms with van der Waals surface area (Å²) >= 11 is 5.66. The molecule has 1 rings (SSSR count). The van der Waals surface area contributed by atoms with Gasteiger partial charge in [-0.3, -0.25) is 24.5 Å². The van der Waals surface area contributed by atoms with Gasteiger partial charge < -0.3 is 15.4 Å². The van der Waals surface area contributed by atoms with Gasteiger partial charge >= 0.3 is 5.97 Å². The second-order valence-electron chi connectivity index (χ2n) is 5.52. The quantitative estimate of drug-likeness (QED) is 0.379. The zero-order valence-corrected chi connectivity index (χ0v) is 15.2. The van der Waals surface area contributed by atoms with Gasteiger partial charge in [-0.05, 0) is 25.5 Å². The van der Waals surface area contributed by atoms with Crippen molar-refractivity contribution in [2.45, 2.75) is 32.7 Å². The van der Waals surface area contributed by atoms with Crippen LogP contribution in [-0.4, -0.2) is 41.9 Å². The smallest absolute Gasteiger partial charge is 0.325 e. The third kappa shape index (κ3) is 7.06. The number of halogens is 1. The Morgan fingerprint density at radius 3 is 2.65 bits per heavy atom. The van der Waals surface area contributed by atoms with E-state index in [-0.39, 0.29) is 16.6 Å². The molecule has 0 saturated carbocycles. The van der Waals surface area contributed by atoms with Crippen LogP contribution in [0.3, 0.4) is 0 Å². The van der Waals surface area contributed by atoms with Crippen molar-refractivity contribution in [2.24, 2.45) is 0 Å². The molecule has 2 N–H and O–H groups in total. The molecule has 0 aliphatic heterocycles. The van der Waals surface area contributed by atoms with Crippen molar-refractivity contribution < 1.29 is 24.0 Å². The number of hydrogen-bond acceptors (Lipinski definition) is 6. The maximum atomic E-state index is 11.9. The van der Waals surface area contributed by atoms with Crippen LogP contribution in [0.5, 0.6) is 0 Å². The fourth-order valence-corrected chi connectivity index (χ4v) is 2.25. The predicted octanol–water partition coefficient (Wildman–Crippen LogP) is 1.83. The van der Waals surface area contributed by atoms with Gasteiger partial charge in [0, 0.05) is 17.7 Å². The molecule has 0 heterocycles. The molecule has 2 amide bonds. The molecule has 0 radical (unpaired) electrons. The van der Waals surface area contributed by atoms with E-state index < -0.39 is 41.5 Å². The Morgan fingerprint density at radius 1 is 1.35 bits per heavy atom. The number of carbonyl (C=O) groups is 3. The molecule has 0 aliphatic rings. The maximum Gasteiger partial charge on any atom is 0.325 e. The van der Waals surface area contributed by atoms with Crippen molar-refractivity contribution in [3.63, 3.8) is 0 Å². The lowest BCUT2D eigenvalue weighted by Crippen LogP contribution is -2.37. The molecule has 0 unspecified atom stereocenters. The Bertz CT molecular complexity index is 695. The van der Waals surface area contributed by atoms with Crippen LogP contribution < -0.4 is 10.6 Å². The number of carbonyl (C=O) groups excluding carboxylic acids is 3. The van der Waals surface area contributed by atoms with Gasteiger partial charge in [0.1, 0.15) is 11.6 Å². The standard InChI is InChI=1S/C16H20ClN3O6/c1-3-4-10(2)19-14(21)9-26-15(22)8-18-16(23)11-5-6-12(17)13(7-11)20(24)25/h5-7,10H,3-4,8-9H2,1-2H3,(H,18,23)(H,19,21)/t10-/m0/s1. The van der Waals surface area contributed by atoms with Crippen LogP contribution >= 0.6 is 11.6 Å². The van der Waals surface area contributed by atoms with Crippen LogP contribution in [0.2, 0.25) is 5.02 Å². The molecule has 0 saturated heterocycles. The predicted molar refractivity (Wildman–Crippen MR) is 93.9 cm³/mol. The summed E-state index contributed by atoms with van der Waals surface area (Å²) in [5.74, 6) is -1.94. The third-order valence-corrected chi connectivity index (χ3v) is 3.61. The number of ether oxygens (including phenoxy) is 1. The van der Waals surface area contributed by atoms with Crippen LogP contribution in [0.25, 0.3) is 0 Å². The fourth-order valence-electron chi connectivity index (χ4n) is 2.07. The number of benzene rings is 1. The summed E-state index contributed by atoms with van der Waals surface area (Å²) in [5, 5.41) is 15.6. The number of nitro benzene ring substituents is 1. The van der Waals surface area contributed by atoms with E-state index in [4.69, 9.17) is 16.3 Å². The highest BCUT2D eigenvalue weighted by molar-refractivity contribution is 6.32. The van der Waals surface area contributed by atoms with Gasteiger partial charge in [0.2, 0.25) is 0 Å². The van der Waals surface area contributed by atoms with Gasteiger partial charge in [-0.1, -0.05) is 24.9 Å². The summed E-state index contributed by atoms with van der Waals surface area (Å²) in [6, 6.07) is 3.49. The zero-order chi connectivity index (χ0) is 19.7. The largest absolute Gasteiger partial charge is 0.454 e. The summed E-state index contributed by atoms with van der Waals surface area (Å²) < 4.78 is 4.76. The number of nitrogens with one attached hydrogen (secondary N) is 2. The second-order valence-corrected chi connectivity index (χ2v) is 5.93. The lowest BCUT2D eigenvalue weighted by atomic mass is 10.2. The van der Waals surface area contributed by atoms with Crippen molar-refractivity contribution in [1.82, 2.24) is 10.6 Å². The van der Waals surface area contributed by atoms with Gasteiger partial charge in [-0.2, -0.15) is 0 Å². The monoisotopic (exact) mass is 385 g/mol. The molecule has 0 bridgehead atoms. The van der Waals surface area contributed by atoms with E-state index in [2.05, 4.69) is 10.6 Å². The molecule has 142 valence electrons. The molecule has 0 fully saturated rings. The van der Waals surface area contributed by atoms with Crippen LogP contribution in [0, 0.1) is 10.1 Å². The molecule has 1 atom stereocenters. The van der Waals surface area contributed by atoms with Crippen molar-refractivity contribution >= 4 is 35.1 Å². The summed E-state index contributed by atoms with van der Waals surface area (Å²) in [4.78, 5) is 45.2. The van der Waals surface area contributed by atoms with Crippen molar-refractivity contribution in [3.8, 4) is 0 Å². The molecule has 10 heteroatoms. The Labute approximate surface area is 155 Å². The molecule has 0 aromatic heterocycles. The van der Waals surface area contributed by atoms with Crippen LogP contribution in [0.4, 0.5) is 5.69 Å². The van der Waals surface area contributed by atoms with Crippen molar-refractivity contribution in [1.29, 1.82) is 0 Å². The number of nitrogens with zero attached hydrogens (tertiary/aromatic N) is 1. The number of nitro groups is 1. The summed E-state index contributed by atoms with van der Waals surface area (Å²) in [6.45, 7) is 2.90. The van der Waals surface area contributed by atoms with E-state index in [1.807, 2.05) is 13.8 Å². The minimum Gasteiger partial charge on any atom is -0.454 e. The third-order valence-electron chi connectivity index (χ3n) is 3.29. The SMILES string of the molecule is CCC[C@H](C)NC(=O)COC(=O)CNC(=O)c1ccc(Cl)c([N+](=O)[O-])c1. The zero-order valence-electron chi connectivity index (χ0n) is 14.4. The van der Waals surface area contributed by atoms with Crippen LogP contribution in [-0.2, 0) is 14.3 Å².